The first-order valence-electron chi connectivity index (χ1n) is 8.79. The van der Waals surface area contributed by atoms with E-state index in [9.17, 15) is 19.5 Å². The summed E-state index contributed by atoms with van der Waals surface area (Å²) in [6.45, 7) is 0.0625. The van der Waals surface area contributed by atoms with Gasteiger partial charge in [0.2, 0.25) is 5.91 Å². The van der Waals surface area contributed by atoms with Gasteiger partial charge in [0.25, 0.3) is 11.8 Å². The fourth-order valence-electron chi connectivity index (χ4n) is 2.70. The third kappa shape index (κ3) is 5.03. The molecule has 0 aliphatic rings. The van der Waals surface area contributed by atoms with Crippen molar-refractivity contribution in [3.05, 3.63) is 76.8 Å². The fourth-order valence-corrected chi connectivity index (χ4v) is 2.92. The minimum Gasteiger partial charge on any atom is -0.507 e. The summed E-state index contributed by atoms with van der Waals surface area (Å²) in [5.74, 6) is -1.74. The number of hydrogen-bond donors (Lipinski definition) is 4. The van der Waals surface area contributed by atoms with Gasteiger partial charge in [0.15, 0.2) is 0 Å². The maximum Gasteiger partial charge on any atom is 0.273 e. The largest absolute Gasteiger partial charge is 0.507 e. The molecule has 148 valence electrons. The van der Waals surface area contributed by atoms with Crippen LogP contribution in [0.5, 0.6) is 5.75 Å². The maximum atomic E-state index is 12.2. The molecule has 0 bridgehead atoms. The van der Waals surface area contributed by atoms with Crippen LogP contribution in [0.2, 0.25) is 5.02 Å². The van der Waals surface area contributed by atoms with Crippen molar-refractivity contribution in [3.8, 4) is 5.75 Å². The van der Waals surface area contributed by atoms with E-state index in [4.69, 9.17) is 11.6 Å². The number of phenolic OH excluding ortho intramolecular Hbond substituents is 1. The Kier molecular flexibility index (Phi) is 6.31. The molecule has 0 heterocycles. The second-order valence-corrected chi connectivity index (χ2v) is 6.61. The zero-order valence-electron chi connectivity index (χ0n) is 15.2. The zero-order valence-corrected chi connectivity index (χ0v) is 16.0. The molecule has 0 aromatic heterocycles. The summed E-state index contributed by atoms with van der Waals surface area (Å²) in [7, 11) is 0. The van der Waals surface area contributed by atoms with E-state index in [-0.39, 0.29) is 24.3 Å². The molecule has 29 heavy (non-hydrogen) atoms. The van der Waals surface area contributed by atoms with Crippen LogP contribution in [-0.4, -0.2) is 29.4 Å². The Morgan fingerprint density at radius 3 is 2.21 bits per heavy atom. The number of carbonyl (C=O) groups is 3. The van der Waals surface area contributed by atoms with Crippen molar-refractivity contribution >= 4 is 40.1 Å². The minimum atomic E-state index is -0.651. The Hall–Kier alpha value is -3.58. The normalized spacial score (nSPS) is 10.4. The summed E-state index contributed by atoms with van der Waals surface area (Å²) in [5.41, 5.74) is 4.86. The molecular weight excluding hydrogens is 394 g/mol. The lowest BCUT2D eigenvalue weighted by Crippen LogP contribution is -2.42. The van der Waals surface area contributed by atoms with Crippen LogP contribution in [0, 0.1) is 0 Å². The molecule has 0 radical (unpaired) electrons. The maximum absolute atomic E-state index is 12.2. The molecule has 0 unspecified atom stereocenters. The van der Waals surface area contributed by atoms with Crippen LogP contribution in [0.25, 0.3) is 10.8 Å². The van der Waals surface area contributed by atoms with E-state index in [1.165, 1.54) is 12.1 Å². The Morgan fingerprint density at radius 2 is 1.48 bits per heavy atom. The first-order valence-corrected chi connectivity index (χ1v) is 9.17. The van der Waals surface area contributed by atoms with Crippen molar-refractivity contribution in [2.75, 3.05) is 6.54 Å². The highest BCUT2D eigenvalue weighted by molar-refractivity contribution is 6.33. The standard InChI is InChI=1S/C21H18ClN3O4/c22-17-8-4-3-7-15(17)20(28)23-10-9-19(27)24-25-21(29)16-11-13-5-1-2-6-14(13)12-18(16)26/h1-8,11-12,26H,9-10H2,(H,23,28)(H,24,27)(H,25,29). The summed E-state index contributed by atoms with van der Waals surface area (Å²) in [6.07, 6.45) is -0.0554. The van der Waals surface area contributed by atoms with Crippen molar-refractivity contribution in [1.82, 2.24) is 16.2 Å². The first-order chi connectivity index (χ1) is 14.0. The number of rotatable bonds is 5. The van der Waals surface area contributed by atoms with Gasteiger partial charge in [-0.1, -0.05) is 48.0 Å². The van der Waals surface area contributed by atoms with Crippen molar-refractivity contribution in [2.45, 2.75) is 6.42 Å². The number of hydrazine groups is 1. The highest BCUT2D eigenvalue weighted by atomic mass is 35.5. The van der Waals surface area contributed by atoms with Crippen LogP contribution in [0.15, 0.2) is 60.7 Å². The predicted molar refractivity (Wildman–Crippen MR) is 110 cm³/mol. The van der Waals surface area contributed by atoms with E-state index >= 15 is 0 Å². The number of fused-ring (bicyclic) bond motifs is 1. The monoisotopic (exact) mass is 411 g/mol. The molecule has 4 N–H and O–H groups in total. The van der Waals surface area contributed by atoms with E-state index in [1.54, 1.807) is 24.3 Å². The summed E-state index contributed by atoms with van der Waals surface area (Å²) in [6, 6.07) is 16.9. The molecule has 3 rings (SSSR count). The number of nitrogens with one attached hydrogen (secondary N) is 3. The second kappa shape index (κ2) is 9.07. The summed E-state index contributed by atoms with van der Waals surface area (Å²) in [5, 5.41) is 14.5. The van der Waals surface area contributed by atoms with Crippen molar-refractivity contribution < 1.29 is 19.5 Å². The van der Waals surface area contributed by atoms with Crippen LogP contribution < -0.4 is 16.2 Å². The highest BCUT2D eigenvalue weighted by Crippen LogP contribution is 2.24. The summed E-state index contributed by atoms with van der Waals surface area (Å²) < 4.78 is 0. The number of aromatic hydroxyl groups is 1. The first kappa shape index (κ1) is 20.2. The molecule has 3 aromatic carbocycles. The van der Waals surface area contributed by atoms with Crippen molar-refractivity contribution in [1.29, 1.82) is 0 Å². The Labute approximate surface area is 171 Å². The minimum absolute atomic E-state index is 0.0380. The average Bonchev–Trinajstić information content (AvgIpc) is 2.71. The number of carbonyl (C=O) groups excluding carboxylic acids is 3. The van der Waals surface area contributed by atoms with Crippen molar-refractivity contribution in [2.24, 2.45) is 0 Å². The Morgan fingerprint density at radius 1 is 0.828 bits per heavy atom. The van der Waals surface area contributed by atoms with Gasteiger partial charge in [-0.2, -0.15) is 0 Å². The Balaban J connectivity index is 1.49. The zero-order chi connectivity index (χ0) is 20.8. The Bertz CT molecular complexity index is 1080. The summed E-state index contributed by atoms with van der Waals surface area (Å²) in [4.78, 5) is 36.2. The van der Waals surface area contributed by atoms with Gasteiger partial charge in [0.1, 0.15) is 5.75 Å². The molecule has 0 aliphatic carbocycles. The van der Waals surface area contributed by atoms with Crippen LogP contribution >= 0.6 is 11.6 Å². The van der Waals surface area contributed by atoms with Gasteiger partial charge in [0.05, 0.1) is 16.1 Å². The van der Waals surface area contributed by atoms with Crippen LogP contribution in [0.1, 0.15) is 27.1 Å². The van der Waals surface area contributed by atoms with E-state index in [2.05, 4.69) is 16.2 Å². The quantitative estimate of drug-likeness (QED) is 0.484. The lowest BCUT2D eigenvalue weighted by Gasteiger charge is -2.10. The lowest BCUT2D eigenvalue weighted by molar-refractivity contribution is -0.121. The highest BCUT2D eigenvalue weighted by Gasteiger charge is 2.14. The molecule has 0 spiro atoms. The molecule has 0 aliphatic heterocycles. The third-order valence-electron chi connectivity index (χ3n) is 4.18. The fraction of sp³-hybridized carbons (Fsp3) is 0.0952. The van der Waals surface area contributed by atoms with Crippen molar-refractivity contribution in [3.63, 3.8) is 0 Å². The lowest BCUT2D eigenvalue weighted by atomic mass is 10.1. The molecule has 8 heteroatoms. The van der Waals surface area contributed by atoms with Gasteiger partial charge in [0, 0.05) is 13.0 Å². The molecule has 3 amide bonds. The van der Waals surface area contributed by atoms with E-state index in [1.807, 2.05) is 24.3 Å². The van der Waals surface area contributed by atoms with Gasteiger partial charge in [-0.25, -0.2) is 0 Å². The van der Waals surface area contributed by atoms with Gasteiger partial charge >= 0.3 is 0 Å². The number of phenols is 1. The van der Waals surface area contributed by atoms with Crippen LogP contribution in [0.3, 0.4) is 0 Å². The number of halogens is 1. The molecule has 0 atom stereocenters. The molecule has 3 aromatic rings. The van der Waals surface area contributed by atoms with Crippen LogP contribution in [-0.2, 0) is 4.79 Å². The average molecular weight is 412 g/mol. The second-order valence-electron chi connectivity index (χ2n) is 6.20. The van der Waals surface area contributed by atoms with Gasteiger partial charge in [-0.05, 0) is 35.0 Å². The summed E-state index contributed by atoms with van der Waals surface area (Å²) >= 11 is 5.94. The molecule has 7 nitrogen and oxygen atoms in total. The predicted octanol–water partition coefficient (Wildman–Crippen LogP) is 2.78. The van der Waals surface area contributed by atoms with E-state index in [0.717, 1.165) is 10.8 Å². The van der Waals surface area contributed by atoms with Crippen LogP contribution in [0.4, 0.5) is 0 Å². The number of hydrogen-bond acceptors (Lipinski definition) is 4. The SMILES string of the molecule is O=C(CCNC(=O)c1ccccc1Cl)NNC(=O)c1cc2ccccc2cc1O. The number of amides is 3. The molecule has 0 saturated carbocycles. The molecule has 0 saturated heterocycles. The smallest absolute Gasteiger partial charge is 0.273 e. The van der Waals surface area contributed by atoms with E-state index in [0.29, 0.717) is 10.6 Å². The van der Waals surface area contributed by atoms with E-state index < -0.39 is 17.7 Å². The van der Waals surface area contributed by atoms with Gasteiger partial charge in [-0.3, -0.25) is 25.2 Å². The van der Waals surface area contributed by atoms with Gasteiger partial charge in [-0.15, -0.1) is 0 Å². The topological polar surface area (TPSA) is 108 Å². The number of benzene rings is 3. The molecule has 0 fully saturated rings. The van der Waals surface area contributed by atoms with Gasteiger partial charge < -0.3 is 10.4 Å². The third-order valence-corrected chi connectivity index (χ3v) is 4.51. The molecular formula is C21H18ClN3O4.